The minimum atomic E-state index is -0.0824. The summed E-state index contributed by atoms with van der Waals surface area (Å²) in [6.45, 7) is 8.50. The minimum Gasteiger partial charge on any atom is -0.497 e. The molecular formula is C20H30ClN5O2. The molecule has 0 bridgehead atoms. The molecule has 0 spiro atoms. The number of hydrogen-bond acceptors (Lipinski definition) is 5. The van der Waals surface area contributed by atoms with Crippen LogP contribution >= 0.6 is 12.4 Å². The van der Waals surface area contributed by atoms with Gasteiger partial charge in [-0.1, -0.05) is 17.3 Å². The lowest BCUT2D eigenvalue weighted by Gasteiger charge is -2.28. The van der Waals surface area contributed by atoms with E-state index in [4.69, 9.17) is 4.74 Å². The van der Waals surface area contributed by atoms with E-state index in [2.05, 4.69) is 15.6 Å². The largest absolute Gasteiger partial charge is 0.497 e. The number of halogens is 1. The summed E-state index contributed by atoms with van der Waals surface area (Å²) in [7, 11) is 1.65. The van der Waals surface area contributed by atoms with Gasteiger partial charge in [-0.15, -0.1) is 17.5 Å². The molecule has 8 heteroatoms. The fourth-order valence-corrected chi connectivity index (χ4v) is 3.75. The van der Waals surface area contributed by atoms with Gasteiger partial charge in [-0.3, -0.25) is 4.79 Å². The average Bonchev–Trinajstić information content (AvgIpc) is 3.10. The van der Waals surface area contributed by atoms with Gasteiger partial charge in [-0.2, -0.15) is 0 Å². The van der Waals surface area contributed by atoms with Crippen LogP contribution in [0.15, 0.2) is 24.3 Å². The van der Waals surface area contributed by atoms with Gasteiger partial charge in [0.25, 0.3) is 5.91 Å². The normalized spacial score (nSPS) is 15.6. The average molecular weight is 408 g/mol. The molecule has 0 saturated carbocycles. The highest BCUT2D eigenvalue weighted by Crippen LogP contribution is 2.26. The predicted octanol–water partition coefficient (Wildman–Crippen LogP) is 3.16. The number of piperidine rings is 1. The highest BCUT2D eigenvalue weighted by Gasteiger charge is 2.28. The Morgan fingerprint density at radius 1 is 1.39 bits per heavy atom. The zero-order chi connectivity index (χ0) is 19.4. The second-order valence-corrected chi connectivity index (χ2v) is 6.99. The number of nitrogens with zero attached hydrogens (tertiary/aromatic N) is 4. The topological polar surface area (TPSA) is 72.3 Å². The highest BCUT2D eigenvalue weighted by molar-refractivity contribution is 5.93. The molecule has 1 saturated heterocycles. The molecule has 1 unspecified atom stereocenters. The first-order valence-corrected chi connectivity index (χ1v) is 9.64. The molecule has 1 N–H and O–H groups in total. The number of benzene rings is 1. The van der Waals surface area contributed by atoms with Crippen LogP contribution in [0.5, 0.6) is 5.75 Å². The Morgan fingerprint density at radius 2 is 2.11 bits per heavy atom. The fourth-order valence-electron chi connectivity index (χ4n) is 3.75. The smallest absolute Gasteiger partial charge is 0.276 e. The highest BCUT2D eigenvalue weighted by atomic mass is 35.5. The number of hydrogen-bond donors (Lipinski definition) is 1. The summed E-state index contributed by atoms with van der Waals surface area (Å²) >= 11 is 0. The maximum absolute atomic E-state index is 13.2. The molecule has 1 fully saturated rings. The first kappa shape index (κ1) is 22.2. The number of rotatable bonds is 6. The van der Waals surface area contributed by atoms with Gasteiger partial charge >= 0.3 is 0 Å². The third kappa shape index (κ3) is 4.47. The van der Waals surface area contributed by atoms with Gasteiger partial charge in [0.15, 0.2) is 5.69 Å². The summed E-state index contributed by atoms with van der Waals surface area (Å²) in [4.78, 5) is 15.1. The number of methoxy groups -OCH3 is 1. The summed E-state index contributed by atoms with van der Waals surface area (Å²) in [6.07, 6.45) is 2.02. The Kier molecular flexibility index (Phi) is 7.83. The maximum atomic E-state index is 13.2. The van der Waals surface area contributed by atoms with Crippen molar-refractivity contribution in [2.24, 2.45) is 0 Å². The van der Waals surface area contributed by atoms with Crippen molar-refractivity contribution in [2.45, 2.75) is 45.7 Å². The summed E-state index contributed by atoms with van der Waals surface area (Å²) in [5.41, 5.74) is 2.33. The number of carbonyl (C=O) groups is 1. The van der Waals surface area contributed by atoms with Crippen LogP contribution in [0.4, 0.5) is 0 Å². The van der Waals surface area contributed by atoms with E-state index in [-0.39, 0.29) is 24.4 Å². The molecule has 7 nitrogen and oxygen atoms in total. The third-order valence-corrected chi connectivity index (χ3v) is 5.43. The zero-order valence-electron chi connectivity index (χ0n) is 17.0. The SMILES string of the molecule is CCN(C(=O)c1nnn(C2CCNCC2)c1C)C(C)c1cccc(OC)c1.Cl. The number of carbonyl (C=O) groups excluding carboxylic acids is 1. The van der Waals surface area contributed by atoms with Gasteiger partial charge in [0.2, 0.25) is 0 Å². The van der Waals surface area contributed by atoms with Crippen molar-refractivity contribution in [2.75, 3.05) is 26.7 Å². The molecule has 1 aliphatic rings. The Morgan fingerprint density at radius 3 is 2.75 bits per heavy atom. The second-order valence-electron chi connectivity index (χ2n) is 6.99. The molecule has 1 aromatic carbocycles. The Hall–Kier alpha value is -2.12. The van der Waals surface area contributed by atoms with E-state index < -0.39 is 0 Å². The molecular weight excluding hydrogens is 378 g/mol. The molecule has 154 valence electrons. The van der Waals surface area contributed by atoms with Gasteiger partial charge < -0.3 is 15.0 Å². The second kappa shape index (κ2) is 9.89. The molecule has 2 aromatic rings. The van der Waals surface area contributed by atoms with Crippen LogP contribution in [0.3, 0.4) is 0 Å². The first-order valence-electron chi connectivity index (χ1n) is 9.64. The predicted molar refractivity (Wildman–Crippen MR) is 111 cm³/mol. The molecule has 1 aromatic heterocycles. The minimum absolute atomic E-state index is 0. The Labute approximate surface area is 172 Å². The molecule has 1 atom stereocenters. The number of aromatic nitrogens is 3. The number of amides is 1. The summed E-state index contributed by atoms with van der Waals surface area (Å²) in [5.74, 6) is 0.710. The summed E-state index contributed by atoms with van der Waals surface area (Å²) in [6, 6.07) is 8.07. The van der Waals surface area contributed by atoms with Gasteiger partial charge in [-0.05, 0) is 64.4 Å². The molecule has 1 amide bonds. The Balaban J connectivity index is 0.00000280. The van der Waals surface area contributed by atoms with Crippen LogP contribution in [0.2, 0.25) is 0 Å². The number of ether oxygens (including phenoxy) is 1. The zero-order valence-corrected chi connectivity index (χ0v) is 17.8. The monoisotopic (exact) mass is 407 g/mol. The molecule has 3 rings (SSSR count). The fraction of sp³-hybridized carbons (Fsp3) is 0.550. The van der Waals surface area contributed by atoms with E-state index in [1.54, 1.807) is 7.11 Å². The van der Waals surface area contributed by atoms with Crippen LogP contribution in [0.25, 0.3) is 0 Å². The van der Waals surface area contributed by atoms with Crippen LogP contribution in [0.1, 0.15) is 60.5 Å². The van der Waals surface area contributed by atoms with Gasteiger partial charge in [0.1, 0.15) is 5.75 Å². The van der Waals surface area contributed by atoms with Crippen LogP contribution < -0.4 is 10.1 Å². The first-order chi connectivity index (χ1) is 13.1. The van der Waals surface area contributed by atoms with E-state index >= 15 is 0 Å². The molecule has 28 heavy (non-hydrogen) atoms. The van der Waals surface area contributed by atoms with Gasteiger partial charge in [0, 0.05) is 6.54 Å². The lowest BCUT2D eigenvalue weighted by Crippen LogP contribution is -2.34. The van der Waals surface area contributed by atoms with Crippen LogP contribution in [-0.4, -0.2) is 52.5 Å². The lowest BCUT2D eigenvalue weighted by molar-refractivity contribution is 0.0695. The van der Waals surface area contributed by atoms with E-state index in [0.717, 1.165) is 42.9 Å². The maximum Gasteiger partial charge on any atom is 0.276 e. The lowest BCUT2D eigenvalue weighted by atomic mass is 10.1. The van der Waals surface area contributed by atoms with Gasteiger partial charge in [-0.25, -0.2) is 4.68 Å². The molecule has 0 aliphatic carbocycles. The van der Waals surface area contributed by atoms with Crippen LogP contribution in [0, 0.1) is 6.92 Å². The van der Waals surface area contributed by atoms with Gasteiger partial charge in [0.05, 0.1) is 24.9 Å². The summed E-state index contributed by atoms with van der Waals surface area (Å²) in [5, 5.41) is 11.9. The molecule has 0 radical (unpaired) electrons. The van der Waals surface area contributed by atoms with Crippen molar-refractivity contribution >= 4 is 18.3 Å². The van der Waals surface area contributed by atoms with Crippen LogP contribution in [-0.2, 0) is 0 Å². The van der Waals surface area contributed by atoms with Crippen molar-refractivity contribution in [3.8, 4) is 5.75 Å². The number of nitrogens with one attached hydrogen (secondary N) is 1. The van der Waals surface area contributed by atoms with Crippen molar-refractivity contribution in [1.82, 2.24) is 25.2 Å². The summed E-state index contributed by atoms with van der Waals surface area (Å²) < 4.78 is 7.25. The van der Waals surface area contributed by atoms with Crippen molar-refractivity contribution < 1.29 is 9.53 Å². The van der Waals surface area contributed by atoms with E-state index in [0.29, 0.717) is 18.3 Å². The molecule has 2 heterocycles. The standard InChI is InChI=1S/C20H29N5O2.ClH/c1-5-24(14(2)16-7-6-8-18(13-16)27-4)20(26)19-15(3)25(23-22-19)17-9-11-21-12-10-17;/h6-8,13-14,17,21H,5,9-12H2,1-4H3;1H. The van der Waals surface area contributed by atoms with Crippen molar-refractivity contribution in [1.29, 1.82) is 0 Å². The quantitative estimate of drug-likeness (QED) is 0.796. The van der Waals surface area contributed by atoms with E-state index in [1.165, 1.54) is 0 Å². The van der Waals surface area contributed by atoms with Crippen molar-refractivity contribution in [3.63, 3.8) is 0 Å². The molecule has 1 aliphatic heterocycles. The van der Waals surface area contributed by atoms with Crippen molar-refractivity contribution in [3.05, 3.63) is 41.2 Å². The third-order valence-electron chi connectivity index (χ3n) is 5.43. The van der Waals surface area contributed by atoms with E-state index in [1.807, 2.05) is 54.6 Å². The Bertz CT molecular complexity index is 789. The van der Waals surface area contributed by atoms with E-state index in [9.17, 15) is 4.79 Å².